The lowest BCUT2D eigenvalue weighted by Crippen LogP contribution is -2.35. The molecular formula is C19H21N3O3S. The van der Waals surface area contributed by atoms with Crippen molar-refractivity contribution in [3.05, 3.63) is 53.6 Å². The maximum Gasteiger partial charge on any atom is 0.258 e. The van der Waals surface area contributed by atoms with Gasteiger partial charge in [0, 0.05) is 30.0 Å². The molecule has 2 heterocycles. The smallest absolute Gasteiger partial charge is 0.258 e. The molecule has 1 fully saturated rings. The fourth-order valence-electron chi connectivity index (χ4n) is 3.72. The minimum Gasteiger partial charge on any atom is -0.398 e. The zero-order valence-electron chi connectivity index (χ0n) is 14.4. The van der Waals surface area contributed by atoms with E-state index < -0.39 is 10.0 Å². The minimum absolute atomic E-state index is 0.0904. The van der Waals surface area contributed by atoms with Gasteiger partial charge in [-0.15, -0.1) is 0 Å². The third kappa shape index (κ3) is 2.82. The summed E-state index contributed by atoms with van der Waals surface area (Å²) in [7, 11) is -3.21. The summed E-state index contributed by atoms with van der Waals surface area (Å²) in [6.45, 7) is 1.14. The summed E-state index contributed by atoms with van der Waals surface area (Å²) in [5.74, 6) is 0.0898. The van der Waals surface area contributed by atoms with Crippen LogP contribution in [-0.2, 0) is 16.4 Å². The van der Waals surface area contributed by atoms with Gasteiger partial charge in [0.1, 0.15) is 0 Å². The molecular weight excluding hydrogens is 350 g/mol. The van der Waals surface area contributed by atoms with E-state index >= 15 is 0 Å². The molecule has 0 bridgehead atoms. The summed E-state index contributed by atoms with van der Waals surface area (Å²) in [6.07, 6.45) is 2.38. The molecule has 0 unspecified atom stereocenters. The van der Waals surface area contributed by atoms with Crippen molar-refractivity contribution in [2.24, 2.45) is 0 Å². The fourth-order valence-corrected chi connectivity index (χ4v) is 5.28. The van der Waals surface area contributed by atoms with Gasteiger partial charge in [-0.3, -0.25) is 9.10 Å². The number of hydrogen-bond donors (Lipinski definition) is 1. The third-order valence-electron chi connectivity index (χ3n) is 5.03. The van der Waals surface area contributed by atoms with Crippen molar-refractivity contribution in [2.45, 2.75) is 19.3 Å². The van der Waals surface area contributed by atoms with Crippen LogP contribution in [0.15, 0.2) is 42.5 Å². The fraction of sp³-hybridized carbons (Fsp3) is 0.316. The highest BCUT2D eigenvalue weighted by molar-refractivity contribution is 7.93. The molecule has 2 aromatic rings. The van der Waals surface area contributed by atoms with E-state index in [9.17, 15) is 13.2 Å². The Morgan fingerprint density at radius 3 is 2.46 bits per heavy atom. The number of carbonyl (C=O) groups excluding carboxylic acids is 1. The second kappa shape index (κ2) is 6.32. The molecule has 2 aliphatic rings. The van der Waals surface area contributed by atoms with Gasteiger partial charge in [-0.2, -0.15) is 0 Å². The van der Waals surface area contributed by atoms with E-state index in [0.29, 0.717) is 30.8 Å². The first-order valence-corrected chi connectivity index (χ1v) is 10.4. The molecule has 0 aromatic heterocycles. The number of benzene rings is 2. The van der Waals surface area contributed by atoms with E-state index in [0.717, 1.165) is 29.8 Å². The highest BCUT2D eigenvalue weighted by atomic mass is 32.2. The molecule has 6 nitrogen and oxygen atoms in total. The molecule has 136 valence electrons. The predicted molar refractivity (Wildman–Crippen MR) is 103 cm³/mol. The Hall–Kier alpha value is -2.54. The molecule has 0 spiro atoms. The number of amides is 1. The Kier molecular flexibility index (Phi) is 4.11. The summed E-state index contributed by atoms with van der Waals surface area (Å²) in [5.41, 5.74) is 9.82. The van der Waals surface area contributed by atoms with E-state index in [4.69, 9.17) is 5.73 Å². The standard InChI is InChI=1S/C19H21N3O3S/c20-17-5-1-6-18-16(17)4-2-11-21(18)19(23)14-7-9-15(10-8-14)22-12-3-13-26(22,24)25/h1,5-10H,2-4,11-13,20H2. The van der Waals surface area contributed by atoms with Gasteiger partial charge < -0.3 is 10.6 Å². The van der Waals surface area contributed by atoms with E-state index in [1.165, 1.54) is 4.31 Å². The van der Waals surface area contributed by atoms with E-state index in [-0.39, 0.29) is 11.7 Å². The maximum absolute atomic E-state index is 13.0. The maximum atomic E-state index is 13.0. The summed E-state index contributed by atoms with van der Waals surface area (Å²) >= 11 is 0. The zero-order valence-corrected chi connectivity index (χ0v) is 15.2. The molecule has 4 rings (SSSR count). The van der Waals surface area contributed by atoms with Crippen LogP contribution >= 0.6 is 0 Å². The molecule has 2 N–H and O–H groups in total. The Morgan fingerprint density at radius 1 is 1.00 bits per heavy atom. The van der Waals surface area contributed by atoms with Gasteiger partial charge in [-0.25, -0.2) is 8.42 Å². The first kappa shape index (κ1) is 16.9. The monoisotopic (exact) mass is 371 g/mol. The van der Waals surface area contributed by atoms with Crippen LogP contribution in [0.5, 0.6) is 0 Å². The molecule has 2 aliphatic heterocycles. The number of nitrogen functional groups attached to an aromatic ring is 1. The van der Waals surface area contributed by atoms with Crippen LogP contribution in [0.1, 0.15) is 28.8 Å². The van der Waals surface area contributed by atoms with E-state index in [1.807, 2.05) is 18.2 Å². The predicted octanol–water partition coefficient (Wildman–Crippen LogP) is 2.40. The average molecular weight is 371 g/mol. The van der Waals surface area contributed by atoms with Gasteiger partial charge in [0.05, 0.1) is 11.4 Å². The van der Waals surface area contributed by atoms with Crippen LogP contribution < -0.4 is 14.9 Å². The molecule has 0 radical (unpaired) electrons. The van der Waals surface area contributed by atoms with Crippen LogP contribution in [0.4, 0.5) is 17.1 Å². The number of carbonyl (C=O) groups is 1. The second-order valence-corrected chi connectivity index (χ2v) is 8.71. The highest BCUT2D eigenvalue weighted by Gasteiger charge is 2.29. The summed E-state index contributed by atoms with van der Waals surface area (Å²) in [4.78, 5) is 14.7. The average Bonchev–Trinajstić information content (AvgIpc) is 3.00. The second-order valence-electron chi connectivity index (χ2n) is 6.69. The summed E-state index contributed by atoms with van der Waals surface area (Å²) < 4.78 is 25.5. The Labute approximate surface area is 153 Å². The first-order valence-electron chi connectivity index (χ1n) is 8.77. The van der Waals surface area contributed by atoms with Crippen LogP contribution in [-0.4, -0.2) is 33.2 Å². The van der Waals surface area contributed by atoms with Gasteiger partial charge >= 0.3 is 0 Å². The molecule has 0 atom stereocenters. The summed E-state index contributed by atoms with van der Waals surface area (Å²) in [6, 6.07) is 12.5. The van der Waals surface area contributed by atoms with Crippen molar-refractivity contribution in [3.63, 3.8) is 0 Å². The minimum atomic E-state index is -3.21. The lowest BCUT2D eigenvalue weighted by Gasteiger charge is -2.30. The van der Waals surface area contributed by atoms with Crippen molar-refractivity contribution in [1.82, 2.24) is 0 Å². The number of fused-ring (bicyclic) bond motifs is 1. The van der Waals surface area contributed by atoms with Crippen LogP contribution in [0.2, 0.25) is 0 Å². The Balaban J connectivity index is 1.61. The van der Waals surface area contributed by atoms with E-state index in [2.05, 4.69) is 0 Å². The topological polar surface area (TPSA) is 83.7 Å². The van der Waals surface area contributed by atoms with Gasteiger partial charge in [0.15, 0.2) is 0 Å². The normalized spacial score (nSPS) is 18.6. The van der Waals surface area contributed by atoms with Crippen LogP contribution in [0, 0.1) is 0 Å². The molecule has 1 saturated heterocycles. The highest BCUT2D eigenvalue weighted by Crippen LogP contribution is 2.32. The molecule has 0 saturated carbocycles. The quantitative estimate of drug-likeness (QED) is 0.822. The number of sulfonamides is 1. The van der Waals surface area contributed by atoms with E-state index in [1.54, 1.807) is 29.2 Å². The lowest BCUT2D eigenvalue weighted by atomic mass is 9.99. The third-order valence-corrected chi connectivity index (χ3v) is 6.90. The number of nitrogens with zero attached hydrogens (tertiary/aromatic N) is 2. The van der Waals surface area contributed by atoms with Gasteiger partial charge in [0.25, 0.3) is 5.91 Å². The van der Waals surface area contributed by atoms with Crippen LogP contribution in [0.3, 0.4) is 0 Å². The van der Waals surface area contributed by atoms with Crippen molar-refractivity contribution >= 4 is 33.0 Å². The van der Waals surface area contributed by atoms with Crippen molar-refractivity contribution in [1.29, 1.82) is 0 Å². The van der Waals surface area contributed by atoms with Crippen molar-refractivity contribution in [2.75, 3.05) is 33.8 Å². The molecule has 1 amide bonds. The van der Waals surface area contributed by atoms with Gasteiger partial charge in [0.2, 0.25) is 10.0 Å². The van der Waals surface area contributed by atoms with Crippen molar-refractivity contribution < 1.29 is 13.2 Å². The Morgan fingerprint density at radius 2 is 1.77 bits per heavy atom. The number of hydrogen-bond acceptors (Lipinski definition) is 4. The molecule has 7 heteroatoms. The van der Waals surface area contributed by atoms with Crippen LogP contribution in [0.25, 0.3) is 0 Å². The number of anilines is 3. The largest absolute Gasteiger partial charge is 0.398 e. The molecule has 2 aromatic carbocycles. The zero-order chi connectivity index (χ0) is 18.3. The molecule has 0 aliphatic carbocycles. The Bertz CT molecular complexity index is 954. The lowest BCUT2D eigenvalue weighted by molar-refractivity contribution is 0.0985. The van der Waals surface area contributed by atoms with Gasteiger partial charge in [-0.1, -0.05) is 6.07 Å². The number of nitrogens with two attached hydrogens (primary N) is 1. The molecule has 26 heavy (non-hydrogen) atoms. The van der Waals surface area contributed by atoms with Gasteiger partial charge in [-0.05, 0) is 61.2 Å². The summed E-state index contributed by atoms with van der Waals surface area (Å²) in [5, 5.41) is 0. The number of rotatable bonds is 2. The first-order chi connectivity index (χ1) is 12.5. The SMILES string of the molecule is Nc1cccc2c1CCCN2C(=O)c1ccc(N2CCCS2(=O)=O)cc1. The van der Waals surface area contributed by atoms with Crippen molar-refractivity contribution in [3.8, 4) is 0 Å².